The number of benzene rings is 2. The molecule has 24 heavy (non-hydrogen) atoms. The highest BCUT2D eigenvalue weighted by Gasteiger charge is 2.21. The van der Waals surface area contributed by atoms with Crippen molar-refractivity contribution in [2.45, 2.75) is 0 Å². The van der Waals surface area contributed by atoms with Crippen LogP contribution >= 0.6 is 23.2 Å². The van der Waals surface area contributed by atoms with Gasteiger partial charge in [-0.2, -0.15) is 0 Å². The highest BCUT2D eigenvalue weighted by Crippen LogP contribution is 2.27. The lowest BCUT2D eigenvalue weighted by molar-refractivity contribution is -0.385. The Kier molecular flexibility index (Phi) is 5.38. The monoisotopic (exact) mass is 368 g/mol. The molecular formula is C15H10Cl2N2O5. The number of amides is 1. The third kappa shape index (κ3) is 3.81. The first kappa shape index (κ1) is 17.7. The van der Waals surface area contributed by atoms with Gasteiger partial charge in [-0.15, -0.1) is 0 Å². The van der Waals surface area contributed by atoms with E-state index >= 15 is 0 Å². The number of ether oxygens (including phenoxy) is 1. The summed E-state index contributed by atoms with van der Waals surface area (Å²) >= 11 is 11.8. The zero-order valence-electron chi connectivity index (χ0n) is 12.2. The zero-order valence-corrected chi connectivity index (χ0v) is 13.7. The fraction of sp³-hybridized carbons (Fsp3) is 0.0667. The summed E-state index contributed by atoms with van der Waals surface area (Å²) in [5.41, 5.74) is -0.211. The number of carbonyl (C=O) groups is 2. The van der Waals surface area contributed by atoms with Gasteiger partial charge in [0.2, 0.25) is 0 Å². The molecule has 7 nitrogen and oxygen atoms in total. The molecule has 0 saturated heterocycles. The number of nitro benzene ring substituents is 1. The number of halogens is 2. The molecule has 0 spiro atoms. The zero-order chi connectivity index (χ0) is 17.9. The Balaban J connectivity index is 2.32. The first-order valence-electron chi connectivity index (χ1n) is 6.46. The van der Waals surface area contributed by atoms with Crippen molar-refractivity contribution >= 4 is 46.5 Å². The Labute approximate surface area is 146 Å². The number of anilines is 1. The second kappa shape index (κ2) is 7.29. The summed E-state index contributed by atoms with van der Waals surface area (Å²) in [5, 5.41) is 13.7. The lowest BCUT2D eigenvalue weighted by atomic mass is 10.1. The maximum absolute atomic E-state index is 12.3. The predicted octanol–water partition coefficient (Wildman–Crippen LogP) is 3.94. The van der Waals surface area contributed by atoms with Crippen LogP contribution in [-0.2, 0) is 4.74 Å². The Hall–Kier alpha value is -2.64. The van der Waals surface area contributed by atoms with Crippen molar-refractivity contribution in [3.05, 3.63) is 67.7 Å². The summed E-state index contributed by atoms with van der Waals surface area (Å²) in [4.78, 5) is 34.0. The topological polar surface area (TPSA) is 98.5 Å². The van der Waals surface area contributed by atoms with Crippen molar-refractivity contribution in [3.8, 4) is 0 Å². The molecule has 0 unspecified atom stereocenters. The molecule has 0 heterocycles. The van der Waals surface area contributed by atoms with Gasteiger partial charge in [-0.1, -0.05) is 23.2 Å². The number of carbonyl (C=O) groups excluding carboxylic acids is 2. The van der Waals surface area contributed by atoms with E-state index in [4.69, 9.17) is 23.2 Å². The standard InChI is InChI=1S/C15H10Cl2N2O5/c1-24-15(21)8-2-4-12(11(17)6-8)18-14(20)10-7-9(16)3-5-13(10)19(22)23/h2-7H,1H3,(H,18,20). The first-order chi connectivity index (χ1) is 11.3. The van der Waals surface area contributed by atoms with Gasteiger partial charge < -0.3 is 10.1 Å². The van der Waals surface area contributed by atoms with Gasteiger partial charge in [-0.05, 0) is 30.3 Å². The Bertz CT molecular complexity index is 839. The van der Waals surface area contributed by atoms with Gasteiger partial charge in [0, 0.05) is 11.1 Å². The van der Waals surface area contributed by atoms with Gasteiger partial charge >= 0.3 is 5.97 Å². The fourth-order valence-corrected chi connectivity index (χ4v) is 2.30. The minimum atomic E-state index is -0.753. The molecule has 0 bridgehead atoms. The SMILES string of the molecule is COC(=O)c1ccc(NC(=O)c2cc(Cl)ccc2[N+](=O)[O-])c(Cl)c1. The van der Waals surface area contributed by atoms with E-state index in [9.17, 15) is 19.7 Å². The largest absolute Gasteiger partial charge is 0.465 e. The molecule has 1 amide bonds. The third-order valence-electron chi connectivity index (χ3n) is 3.04. The molecule has 0 aliphatic heterocycles. The average Bonchev–Trinajstić information content (AvgIpc) is 2.55. The molecule has 1 N–H and O–H groups in total. The molecule has 0 aliphatic carbocycles. The lowest BCUT2D eigenvalue weighted by Gasteiger charge is -2.09. The number of rotatable bonds is 4. The Morgan fingerprint density at radius 1 is 1.17 bits per heavy atom. The summed E-state index contributed by atoms with van der Waals surface area (Å²) in [6.45, 7) is 0. The molecule has 2 aromatic carbocycles. The second-order valence-corrected chi connectivity index (χ2v) is 5.40. The van der Waals surface area contributed by atoms with Gasteiger partial charge in [0.25, 0.3) is 11.6 Å². The maximum Gasteiger partial charge on any atom is 0.337 e. The Morgan fingerprint density at radius 3 is 2.46 bits per heavy atom. The van der Waals surface area contributed by atoms with Crippen LogP contribution in [0.2, 0.25) is 10.0 Å². The first-order valence-corrected chi connectivity index (χ1v) is 7.22. The van der Waals surface area contributed by atoms with E-state index in [2.05, 4.69) is 10.1 Å². The average molecular weight is 369 g/mol. The smallest absolute Gasteiger partial charge is 0.337 e. The van der Waals surface area contributed by atoms with E-state index in [0.29, 0.717) is 0 Å². The van der Waals surface area contributed by atoms with Crippen LogP contribution in [0, 0.1) is 10.1 Å². The van der Waals surface area contributed by atoms with Crippen LogP contribution in [0.3, 0.4) is 0 Å². The minimum absolute atomic E-state index is 0.0796. The van der Waals surface area contributed by atoms with Crippen LogP contribution in [0.4, 0.5) is 11.4 Å². The molecule has 0 aliphatic rings. The van der Waals surface area contributed by atoms with Crippen molar-refractivity contribution in [2.75, 3.05) is 12.4 Å². The highest BCUT2D eigenvalue weighted by molar-refractivity contribution is 6.34. The van der Waals surface area contributed by atoms with Gasteiger partial charge in [-0.3, -0.25) is 14.9 Å². The van der Waals surface area contributed by atoms with Crippen LogP contribution in [0.1, 0.15) is 20.7 Å². The van der Waals surface area contributed by atoms with E-state index in [1.165, 1.54) is 37.4 Å². The lowest BCUT2D eigenvalue weighted by Crippen LogP contribution is -2.14. The fourth-order valence-electron chi connectivity index (χ4n) is 1.90. The number of nitrogens with one attached hydrogen (secondary N) is 1. The summed E-state index contributed by atoms with van der Waals surface area (Å²) in [5.74, 6) is -1.34. The van der Waals surface area contributed by atoms with Crippen molar-refractivity contribution in [3.63, 3.8) is 0 Å². The molecule has 124 valence electrons. The van der Waals surface area contributed by atoms with Crippen LogP contribution < -0.4 is 5.32 Å². The second-order valence-electron chi connectivity index (χ2n) is 4.56. The van der Waals surface area contributed by atoms with Gasteiger partial charge in [0.1, 0.15) is 5.56 Å². The number of nitro groups is 1. The van der Waals surface area contributed by atoms with Gasteiger partial charge in [0.15, 0.2) is 0 Å². The maximum atomic E-state index is 12.3. The van der Waals surface area contributed by atoms with E-state index in [1.54, 1.807) is 0 Å². The van der Waals surface area contributed by atoms with Crippen molar-refractivity contribution in [1.82, 2.24) is 0 Å². The van der Waals surface area contributed by atoms with Crippen LogP contribution in [0.5, 0.6) is 0 Å². The van der Waals surface area contributed by atoms with E-state index in [-0.39, 0.29) is 32.5 Å². The molecule has 0 radical (unpaired) electrons. The molecule has 2 aromatic rings. The molecular weight excluding hydrogens is 359 g/mol. The number of methoxy groups -OCH3 is 1. The number of esters is 1. The highest BCUT2D eigenvalue weighted by atomic mass is 35.5. The molecule has 0 fully saturated rings. The summed E-state index contributed by atoms with van der Waals surface area (Å²) in [6, 6.07) is 7.75. The van der Waals surface area contributed by atoms with Gasteiger partial charge in [-0.25, -0.2) is 4.79 Å². The van der Waals surface area contributed by atoms with Crippen molar-refractivity contribution < 1.29 is 19.2 Å². The van der Waals surface area contributed by atoms with Crippen molar-refractivity contribution in [1.29, 1.82) is 0 Å². The van der Waals surface area contributed by atoms with Crippen molar-refractivity contribution in [2.24, 2.45) is 0 Å². The predicted molar refractivity (Wildman–Crippen MR) is 88.9 cm³/mol. The molecule has 9 heteroatoms. The summed E-state index contributed by atoms with van der Waals surface area (Å²) < 4.78 is 4.56. The quantitative estimate of drug-likeness (QED) is 0.500. The molecule has 0 saturated carbocycles. The normalized spacial score (nSPS) is 10.1. The van der Waals surface area contributed by atoms with Crippen LogP contribution in [0.25, 0.3) is 0 Å². The molecule has 0 aromatic heterocycles. The number of hydrogen-bond acceptors (Lipinski definition) is 5. The summed E-state index contributed by atoms with van der Waals surface area (Å²) in [6.07, 6.45) is 0. The third-order valence-corrected chi connectivity index (χ3v) is 3.59. The number of nitrogens with zero attached hydrogens (tertiary/aromatic N) is 1. The molecule has 0 atom stereocenters. The van der Waals surface area contributed by atoms with E-state index in [0.717, 1.165) is 6.07 Å². The summed E-state index contributed by atoms with van der Waals surface area (Å²) in [7, 11) is 1.23. The number of hydrogen-bond donors (Lipinski definition) is 1. The Morgan fingerprint density at radius 2 is 1.88 bits per heavy atom. The van der Waals surface area contributed by atoms with Crippen LogP contribution in [0.15, 0.2) is 36.4 Å². The van der Waals surface area contributed by atoms with E-state index < -0.39 is 16.8 Å². The van der Waals surface area contributed by atoms with E-state index in [1.807, 2.05) is 0 Å². The van der Waals surface area contributed by atoms with Gasteiger partial charge in [0.05, 0.1) is 28.3 Å². The molecule has 2 rings (SSSR count). The minimum Gasteiger partial charge on any atom is -0.465 e. The van der Waals surface area contributed by atoms with Crippen LogP contribution in [-0.4, -0.2) is 23.9 Å².